The second-order valence-corrected chi connectivity index (χ2v) is 7.55. The molecule has 1 aromatic carbocycles. The summed E-state index contributed by atoms with van der Waals surface area (Å²) in [6.45, 7) is 0.284. The smallest absolute Gasteiger partial charge is 0.244 e. The molecule has 6 nitrogen and oxygen atoms in total. The van der Waals surface area contributed by atoms with E-state index in [0.717, 1.165) is 0 Å². The molecule has 4 N–H and O–H groups in total. The SMILES string of the molecule is Nc1cc(Br)cc(Br)c1S(=O)(=O)NC1CNC(=O)C1. The third-order valence-corrected chi connectivity index (χ3v) is 5.59. The molecular formula is C10H11Br2N3O3S. The number of nitrogens with two attached hydrogens (primary N) is 1. The van der Waals surface area contributed by atoms with Crippen molar-refractivity contribution in [3.8, 4) is 0 Å². The summed E-state index contributed by atoms with van der Waals surface area (Å²) in [4.78, 5) is 11.0. The van der Waals surface area contributed by atoms with Gasteiger partial charge in [-0.1, -0.05) is 15.9 Å². The van der Waals surface area contributed by atoms with Crippen LogP contribution in [-0.4, -0.2) is 26.9 Å². The van der Waals surface area contributed by atoms with E-state index in [9.17, 15) is 13.2 Å². The Morgan fingerprint density at radius 1 is 1.37 bits per heavy atom. The van der Waals surface area contributed by atoms with Gasteiger partial charge in [-0.3, -0.25) is 4.79 Å². The lowest BCUT2D eigenvalue weighted by Gasteiger charge is -2.14. The van der Waals surface area contributed by atoms with Gasteiger partial charge in [0.15, 0.2) is 0 Å². The van der Waals surface area contributed by atoms with Crippen molar-refractivity contribution in [2.75, 3.05) is 12.3 Å². The molecule has 1 unspecified atom stereocenters. The minimum absolute atomic E-state index is 0.0185. The number of hydrogen-bond donors (Lipinski definition) is 3. The number of carbonyl (C=O) groups excluding carboxylic acids is 1. The van der Waals surface area contributed by atoms with Gasteiger partial charge in [0.1, 0.15) is 4.90 Å². The Balaban J connectivity index is 2.32. The number of rotatable bonds is 3. The van der Waals surface area contributed by atoms with E-state index in [1.54, 1.807) is 6.07 Å². The zero-order valence-corrected chi connectivity index (χ0v) is 13.6. The molecule has 1 saturated heterocycles. The van der Waals surface area contributed by atoms with E-state index in [2.05, 4.69) is 41.9 Å². The fourth-order valence-corrected chi connectivity index (χ4v) is 5.14. The van der Waals surface area contributed by atoms with E-state index >= 15 is 0 Å². The predicted octanol–water partition coefficient (Wildman–Crippen LogP) is 0.961. The van der Waals surface area contributed by atoms with E-state index < -0.39 is 16.1 Å². The summed E-state index contributed by atoms with van der Waals surface area (Å²) in [7, 11) is -3.78. The number of nitrogens with one attached hydrogen (secondary N) is 2. The van der Waals surface area contributed by atoms with Crippen molar-refractivity contribution < 1.29 is 13.2 Å². The lowest BCUT2D eigenvalue weighted by atomic mass is 10.3. The van der Waals surface area contributed by atoms with E-state index in [-0.39, 0.29) is 29.5 Å². The summed E-state index contributed by atoms with van der Waals surface area (Å²) < 4.78 is 28.1. The Bertz CT molecular complexity index is 610. The molecule has 1 fully saturated rings. The summed E-state index contributed by atoms with van der Waals surface area (Å²) in [5, 5.41) is 2.57. The van der Waals surface area contributed by atoms with Crippen LogP contribution in [-0.2, 0) is 14.8 Å². The lowest BCUT2D eigenvalue weighted by Crippen LogP contribution is -2.36. The molecule has 1 amide bonds. The molecule has 1 aliphatic rings. The Labute approximate surface area is 127 Å². The van der Waals surface area contributed by atoms with Crippen molar-refractivity contribution in [1.82, 2.24) is 10.0 Å². The largest absolute Gasteiger partial charge is 0.398 e. The van der Waals surface area contributed by atoms with Crippen LogP contribution in [0.25, 0.3) is 0 Å². The molecule has 9 heteroatoms. The first-order valence-corrected chi connectivity index (χ1v) is 8.40. The van der Waals surface area contributed by atoms with Gasteiger partial charge in [-0.05, 0) is 28.1 Å². The number of benzene rings is 1. The van der Waals surface area contributed by atoms with Crippen LogP contribution in [0.4, 0.5) is 5.69 Å². The number of halogens is 2. The lowest BCUT2D eigenvalue weighted by molar-refractivity contribution is -0.119. The van der Waals surface area contributed by atoms with Gasteiger partial charge < -0.3 is 11.1 Å². The van der Waals surface area contributed by atoms with Crippen LogP contribution in [0.2, 0.25) is 0 Å². The maximum absolute atomic E-state index is 12.3. The van der Waals surface area contributed by atoms with Crippen molar-refractivity contribution in [1.29, 1.82) is 0 Å². The third-order valence-electron chi connectivity index (χ3n) is 2.61. The molecule has 0 spiro atoms. The highest BCUT2D eigenvalue weighted by molar-refractivity contribution is 9.11. The van der Waals surface area contributed by atoms with Gasteiger partial charge in [-0.15, -0.1) is 0 Å². The first kappa shape index (κ1) is 14.8. The normalized spacial score (nSPS) is 19.5. The number of nitrogen functional groups attached to an aromatic ring is 1. The average molecular weight is 413 g/mol. The zero-order valence-electron chi connectivity index (χ0n) is 9.61. The van der Waals surface area contributed by atoms with Crippen LogP contribution in [0.15, 0.2) is 26.0 Å². The molecule has 1 aliphatic heterocycles. The Hall–Kier alpha value is -0.640. The first-order chi connectivity index (χ1) is 8.79. The van der Waals surface area contributed by atoms with E-state index in [4.69, 9.17) is 5.73 Å². The minimum atomic E-state index is -3.78. The summed E-state index contributed by atoms with van der Waals surface area (Å²) in [6.07, 6.45) is 0.132. The second-order valence-electron chi connectivity index (χ2n) is 4.13. The highest BCUT2D eigenvalue weighted by atomic mass is 79.9. The van der Waals surface area contributed by atoms with E-state index in [1.807, 2.05) is 0 Å². The molecular weight excluding hydrogens is 402 g/mol. The van der Waals surface area contributed by atoms with Crippen molar-refractivity contribution in [2.45, 2.75) is 17.4 Å². The average Bonchev–Trinajstić information content (AvgIpc) is 2.60. The highest BCUT2D eigenvalue weighted by Gasteiger charge is 2.29. The van der Waals surface area contributed by atoms with Crippen LogP contribution < -0.4 is 15.8 Å². The molecule has 1 aromatic rings. The van der Waals surface area contributed by atoms with E-state index in [0.29, 0.717) is 8.95 Å². The highest BCUT2D eigenvalue weighted by Crippen LogP contribution is 2.31. The molecule has 0 aromatic heterocycles. The van der Waals surface area contributed by atoms with Crippen molar-refractivity contribution >= 4 is 53.5 Å². The second kappa shape index (κ2) is 5.39. The summed E-state index contributed by atoms with van der Waals surface area (Å²) in [5.74, 6) is -0.171. The summed E-state index contributed by atoms with van der Waals surface area (Å²) in [5.41, 5.74) is 5.88. The Kier molecular flexibility index (Phi) is 4.19. The standard InChI is InChI=1S/C10H11Br2N3O3S/c11-5-1-7(12)10(8(13)2-5)19(17,18)15-6-3-9(16)14-4-6/h1-2,6,15H,3-4,13H2,(H,14,16). The molecule has 19 heavy (non-hydrogen) atoms. The van der Waals surface area contributed by atoms with Crippen LogP contribution in [0.3, 0.4) is 0 Å². The minimum Gasteiger partial charge on any atom is -0.398 e. The molecule has 104 valence electrons. The molecule has 1 atom stereocenters. The molecule has 2 rings (SSSR count). The van der Waals surface area contributed by atoms with Crippen molar-refractivity contribution in [3.63, 3.8) is 0 Å². The summed E-state index contributed by atoms with van der Waals surface area (Å²) >= 11 is 6.41. The fraction of sp³-hybridized carbons (Fsp3) is 0.300. The van der Waals surface area contributed by atoms with Gasteiger partial charge in [0.25, 0.3) is 0 Å². The number of sulfonamides is 1. The van der Waals surface area contributed by atoms with Gasteiger partial charge in [0.2, 0.25) is 15.9 Å². The van der Waals surface area contributed by atoms with Crippen LogP contribution >= 0.6 is 31.9 Å². The molecule has 0 bridgehead atoms. The van der Waals surface area contributed by atoms with Crippen LogP contribution in [0.5, 0.6) is 0 Å². The predicted molar refractivity (Wildman–Crippen MR) is 78.0 cm³/mol. The van der Waals surface area contributed by atoms with Crippen molar-refractivity contribution in [2.24, 2.45) is 0 Å². The fourth-order valence-electron chi connectivity index (χ4n) is 1.83. The zero-order chi connectivity index (χ0) is 14.2. The topological polar surface area (TPSA) is 101 Å². The quantitative estimate of drug-likeness (QED) is 0.643. The Morgan fingerprint density at radius 3 is 2.58 bits per heavy atom. The van der Waals surface area contributed by atoms with Gasteiger partial charge >= 0.3 is 0 Å². The van der Waals surface area contributed by atoms with Crippen LogP contribution in [0.1, 0.15) is 6.42 Å². The number of amides is 1. The van der Waals surface area contributed by atoms with Gasteiger partial charge in [-0.25, -0.2) is 13.1 Å². The van der Waals surface area contributed by atoms with Gasteiger partial charge in [0.05, 0.1) is 5.69 Å². The summed E-state index contributed by atoms with van der Waals surface area (Å²) in [6, 6.07) is 2.66. The van der Waals surface area contributed by atoms with Crippen LogP contribution in [0, 0.1) is 0 Å². The molecule has 0 radical (unpaired) electrons. The maximum atomic E-state index is 12.3. The van der Waals surface area contributed by atoms with Gasteiger partial charge in [-0.2, -0.15) is 0 Å². The van der Waals surface area contributed by atoms with Gasteiger partial charge in [0, 0.05) is 28.0 Å². The molecule has 0 saturated carbocycles. The molecule has 0 aliphatic carbocycles. The maximum Gasteiger partial charge on any atom is 0.244 e. The Morgan fingerprint density at radius 2 is 2.05 bits per heavy atom. The number of anilines is 1. The van der Waals surface area contributed by atoms with Crippen molar-refractivity contribution in [3.05, 3.63) is 21.1 Å². The third kappa shape index (κ3) is 3.28. The molecule has 1 heterocycles. The first-order valence-electron chi connectivity index (χ1n) is 5.33. The number of carbonyl (C=O) groups is 1. The monoisotopic (exact) mass is 411 g/mol. The van der Waals surface area contributed by atoms with E-state index in [1.165, 1.54) is 6.07 Å². The number of hydrogen-bond acceptors (Lipinski definition) is 4.